The van der Waals surface area contributed by atoms with Crippen molar-refractivity contribution in [3.05, 3.63) is 24.3 Å². The van der Waals surface area contributed by atoms with Crippen molar-refractivity contribution in [2.24, 2.45) is 0 Å². The molecule has 13 heteroatoms. The largest absolute Gasteiger partial charge is 0.397 e. The lowest BCUT2D eigenvalue weighted by Gasteiger charge is -2.41. The zero-order chi connectivity index (χ0) is 42.0. The number of carbonyl (C=O) groups is 1. The van der Waals surface area contributed by atoms with Crippen LogP contribution in [-0.4, -0.2) is 95.4 Å². The van der Waals surface area contributed by atoms with Gasteiger partial charge in [-0.3, -0.25) is 9.35 Å². The zero-order valence-corrected chi connectivity index (χ0v) is 36.5. The Bertz CT molecular complexity index is 1120. The second-order valence-electron chi connectivity index (χ2n) is 16.0. The molecule has 1 amide bonds. The first-order valence-corrected chi connectivity index (χ1v) is 24.1. The van der Waals surface area contributed by atoms with Crippen LogP contribution in [0.25, 0.3) is 0 Å². The Labute approximate surface area is 346 Å². The standard InChI is InChI=1S/C44H83NO11S/c1-3-5-7-9-11-13-15-17-18-19-20-22-23-25-27-29-31-33-38(47)37(36-54-44-42(50)43(56-57(51,52)53)41(49)39(35-46)55-44)45-40(48)34-32-30-28-26-24-21-16-14-12-10-8-6-4-2/h21,24,31,33,37-39,41-44,46-47,49-50H,3-20,22-23,25-30,32,34-36H2,1-2H3,(H,45,48)(H,51,52,53)/b24-21-,33-31+. The van der Waals surface area contributed by atoms with Crippen LogP contribution in [-0.2, 0) is 28.9 Å². The van der Waals surface area contributed by atoms with Gasteiger partial charge >= 0.3 is 10.4 Å². The topological polar surface area (TPSA) is 192 Å². The van der Waals surface area contributed by atoms with Crippen molar-refractivity contribution in [3.63, 3.8) is 0 Å². The molecular formula is C44H83NO11S. The molecule has 12 nitrogen and oxygen atoms in total. The Kier molecular flexibility index (Phi) is 33.2. The van der Waals surface area contributed by atoms with Crippen LogP contribution in [0.15, 0.2) is 24.3 Å². The number of carbonyl (C=O) groups excluding carboxylic acids is 1. The zero-order valence-electron chi connectivity index (χ0n) is 35.7. The molecule has 6 N–H and O–H groups in total. The second kappa shape index (κ2) is 35.3. The molecule has 1 aliphatic rings. The third-order valence-electron chi connectivity index (χ3n) is 10.7. The molecule has 0 aromatic heterocycles. The summed E-state index contributed by atoms with van der Waals surface area (Å²) in [5.74, 6) is -0.279. The van der Waals surface area contributed by atoms with Crippen molar-refractivity contribution in [2.45, 2.75) is 236 Å². The van der Waals surface area contributed by atoms with E-state index in [0.717, 1.165) is 44.9 Å². The Morgan fingerprint density at radius 3 is 1.58 bits per heavy atom. The van der Waals surface area contributed by atoms with Gasteiger partial charge in [0.1, 0.15) is 24.4 Å². The van der Waals surface area contributed by atoms with Crippen LogP contribution in [0.2, 0.25) is 0 Å². The highest BCUT2D eigenvalue weighted by Crippen LogP contribution is 2.26. The highest BCUT2D eigenvalue weighted by atomic mass is 32.3. The third-order valence-corrected chi connectivity index (χ3v) is 11.2. The maximum Gasteiger partial charge on any atom is 0.397 e. The van der Waals surface area contributed by atoms with Crippen molar-refractivity contribution >= 4 is 16.3 Å². The smallest absolute Gasteiger partial charge is 0.394 e. The summed E-state index contributed by atoms with van der Waals surface area (Å²) in [7, 11) is -5.08. The van der Waals surface area contributed by atoms with E-state index >= 15 is 0 Å². The van der Waals surface area contributed by atoms with Gasteiger partial charge in [0.25, 0.3) is 0 Å². The lowest BCUT2D eigenvalue weighted by Crippen LogP contribution is -2.61. The average Bonchev–Trinajstić information content (AvgIpc) is 3.18. The van der Waals surface area contributed by atoms with Crippen molar-refractivity contribution in [1.29, 1.82) is 0 Å². The Morgan fingerprint density at radius 1 is 0.684 bits per heavy atom. The van der Waals surface area contributed by atoms with Gasteiger partial charge in [0, 0.05) is 6.42 Å². The van der Waals surface area contributed by atoms with Crippen LogP contribution in [0, 0.1) is 0 Å². The van der Waals surface area contributed by atoms with Gasteiger partial charge in [-0.2, -0.15) is 8.42 Å². The van der Waals surface area contributed by atoms with Crippen LogP contribution in [0.1, 0.15) is 194 Å². The quantitative estimate of drug-likeness (QED) is 0.0198. The molecule has 0 saturated carbocycles. The Balaban J connectivity index is 2.55. The molecule has 336 valence electrons. The van der Waals surface area contributed by atoms with Gasteiger partial charge < -0.3 is 35.2 Å². The van der Waals surface area contributed by atoms with E-state index in [0.29, 0.717) is 6.42 Å². The molecule has 1 heterocycles. The van der Waals surface area contributed by atoms with Crippen molar-refractivity contribution in [1.82, 2.24) is 5.32 Å². The molecule has 0 spiro atoms. The number of ether oxygens (including phenoxy) is 2. The molecular weight excluding hydrogens is 751 g/mol. The van der Waals surface area contributed by atoms with Gasteiger partial charge in [0.15, 0.2) is 6.29 Å². The van der Waals surface area contributed by atoms with E-state index in [1.165, 1.54) is 122 Å². The van der Waals surface area contributed by atoms with E-state index in [4.69, 9.17) is 14.0 Å². The number of amides is 1. The summed E-state index contributed by atoms with van der Waals surface area (Å²) in [5, 5.41) is 44.6. The van der Waals surface area contributed by atoms with E-state index in [-0.39, 0.29) is 18.9 Å². The summed E-state index contributed by atoms with van der Waals surface area (Å²) in [6.45, 7) is 3.36. The lowest BCUT2D eigenvalue weighted by molar-refractivity contribution is -0.298. The highest BCUT2D eigenvalue weighted by Gasteiger charge is 2.48. The van der Waals surface area contributed by atoms with E-state index in [9.17, 15) is 33.6 Å². The summed E-state index contributed by atoms with van der Waals surface area (Å²) in [4.78, 5) is 13.0. The first-order valence-electron chi connectivity index (χ1n) is 22.7. The van der Waals surface area contributed by atoms with Crippen LogP contribution >= 0.6 is 0 Å². The molecule has 7 atom stereocenters. The summed E-state index contributed by atoms with van der Waals surface area (Å²) in [6, 6.07) is -0.948. The molecule has 57 heavy (non-hydrogen) atoms. The van der Waals surface area contributed by atoms with Gasteiger partial charge in [-0.25, -0.2) is 4.18 Å². The van der Waals surface area contributed by atoms with Crippen LogP contribution in [0.5, 0.6) is 0 Å². The molecule has 0 aromatic carbocycles. The van der Waals surface area contributed by atoms with E-state index < -0.39 is 59.9 Å². The molecule has 0 bridgehead atoms. The fraction of sp³-hybridized carbons (Fsp3) is 0.886. The molecule has 1 saturated heterocycles. The number of aliphatic hydroxyl groups is 4. The highest BCUT2D eigenvalue weighted by molar-refractivity contribution is 7.80. The number of hydrogen-bond donors (Lipinski definition) is 6. The van der Waals surface area contributed by atoms with Gasteiger partial charge in [-0.15, -0.1) is 0 Å². The number of hydrogen-bond acceptors (Lipinski definition) is 10. The normalized spacial score (nSPS) is 21.4. The molecule has 1 fully saturated rings. The number of aliphatic hydroxyl groups excluding tert-OH is 4. The number of nitrogens with one attached hydrogen (secondary N) is 1. The molecule has 0 aromatic rings. The first kappa shape index (κ1) is 53.6. The van der Waals surface area contributed by atoms with Gasteiger partial charge in [0.05, 0.1) is 25.4 Å². The third kappa shape index (κ3) is 28.6. The predicted octanol–water partition coefficient (Wildman–Crippen LogP) is 8.55. The van der Waals surface area contributed by atoms with Crippen LogP contribution < -0.4 is 5.32 Å². The fourth-order valence-electron chi connectivity index (χ4n) is 7.15. The van der Waals surface area contributed by atoms with Gasteiger partial charge in [-0.1, -0.05) is 167 Å². The predicted molar refractivity (Wildman–Crippen MR) is 227 cm³/mol. The van der Waals surface area contributed by atoms with Gasteiger partial charge in [-0.05, 0) is 44.9 Å². The average molecular weight is 834 g/mol. The Hall–Kier alpha value is -1.42. The monoisotopic (exact) mass is 834 g/mol. The van der Waals surface area contributed by atoms with Gasteiger partial charge in [0.2, 0.25) is 5.91 Å². The summed E-state index contributed by atoms with van der Waals surface area (Å²) >= 11 is 0. The number of unbranched alkanes of at least 4 members (excludes halogenated alkanes) is 24. The fourth-order valence-corrected chi connectivity index (χ4v) is 7.66. The van der Waals surface area contributed by atoms with Crippen LogP contribution in [0.4, 0.5) is 0 Å². The van der Waals surface area contributed by atoms with Crippen molar-refractivity contribution in [2.75, 3.05) is 13.2 Å². The molecule has 7 unspecified atom stereocenters. The van der Waals surface area contributed by atoms with Crippen molar-refractivity contribution in [3.8, 4) is 0 Å². The molecule has 0 aliphatic carbocycles. The maximum atomic E-state index is 13.0. The number of allylic oxidation sites excluding steroid dienone is 3. The van der Waals surface area contributed by atoms with Crippen LogP contribution in [0.3, 0.4) is 0 Å². The minimum absolute atomic E-state index is 0.249. The Morgan fingerprint density at radius 2 is 1.12 bits per heavy atom. The van der Waals surface area contributed by atoms with E-state index in [2.05, 4.69) is 35.5 Å². The molecule has 1 aliphatic heterocycles. The number of rotatable bonds is 38. The van der Waals surface area contributed by atoms with E-state index in [1.54, 1.807) is 6.08 Å². The maximum absolute atomic E-state index is 13.0. The minimum Gasteiger partial charge on any atom is -0.394 e. The van der Waals surface area contributed by atoms with Crippen molar-refractivity contribution < 1.29 is 51.8 Å². The summed E-state index contributed by atoms with van der Waals surface area (Å²) < 4.78 is 47.5. The molecule has 0 radical (unpaired) electrons. The summed E-state index contributed by atoms with van der Waals surface area (Å²) in [6.07, 6.45) is 30.7. The van der Waals surface area contributed by atoms with E-state index in [1.807, 2.05) is 6.08 Å². The SMILES string of the molecule is CCCCCCCC/C=C\CCCCCC(=O)NC(COC1OC(CO)C(O)C(OS(=O)(=O)O)C1O)C(O)/C=C/CCCCCCCCCCCCCCCCC. The second-order valence-corrected chi connectivity index (χ2v) is 17.0. The first-order chi connectivity index (χ1) is 27.5. The summed E-state index contributed by atoms with van der Waals surface area (Å²) in [5.41, 5.74) is 0. The lowest BCUT2D eigenvalue weighted by atomic mass is 9.99. The molecule has 1 rings (SSSR count). The minimum atomic E-state index is -5.08.